The molecule has 2 aliphatic rings. The van der Waals surface area contributed by atoms with Gasteiger partial charge in [-0.1, -0.05) is 19.9 Å². The van der Waals surface area contributed by atoms with Gasteiger partial charge in [0.1, 0.15) is 11.5 Å². The summed E-state index contributed by atoms with van der Waals surface area (Å²) in [5.74, 6) is 0.191. The highest BCUT2D eigenvalue weighted by Crippen LogP contribution is 2.50. The van der Waals surface area contributed by atoms with E-state index >= 15 is 0 Å². The third-order valence-corrected chi connectivity index (χ3v) is 5.71. The maximum atomic E-state index is 13.3. The second-order valence-electron chi connectivity index (χ2n) is 7.98. The van der Waals surface area contributed by atoms with Gasteiger partial charge in [0.25, 0.3) is 0 Å². The quantitative estimate of drug-likeness (QED) is 0.718. The minimum absolute atomic E-state index is 0. The zero-order chi connectivity index (χ0) is 21.7. The predicted molar refractivity (Wildman–Crippen MR) is 108 cm³/mol. The molecule has 2 aromatic carbocycles. The highest BCUT2D eigenvalue weighted by Gasteiger charge is 2.43. The third-order valence-electron chi connectivity index (χ3n) is 5.71. The predicted octanol–water partition coefficient (Wildman–Crippen LogP) is 4.01. The van der Waals surface area contributed by atoms with Crippen LogP contribution >= 0.6 is 0 Å². The van der Waals surface area contributed by atoms with E-state index < -0.39 is 11.8 Å². The van der Waals surface area contributed by atoms with Gasteiger partial charge < -0.3 is 20.1 Å². The summed E-state index contributed by atoms with van der Waals surface area (Å²) in [5.41, 5.74) is 3.64. The number of aliphatic hydroxyl groups is 1. The molecule has 0 saturated heterocycles. The molecule has 0 unspecified atom stereocenters. The van der Waals surface area contributed by atoms with Crippen molar-refractivity contribution in [1.82, 2.24) is 0 Å². The Bertz CT molecular complexity index is 1050. The van der Waals surface area contributed by atoms with Gasteiger partial charge in [0.15, 0.2) is 5.78 Å². The summed E-state index contributed by atoms with van der Waals surface area (Å²) < 4.78 is 47.5. The molecule has 0 aliphatic heterocycles. The number of rotatable bonds is 5. The van der Waals surface area contributed by atoms with Gasteiger partial charge in [-0.15, -0.1) is 13.2 Å². The second kappa shape index (κ2) is 8.01. The fourth-order valence-corrected chi connectivity index (χ4v) is 4.27. The molecular formula is C23H23F3O5. The Kier molecular flexibility index (Phi) is 5.90. The van der Waals surface area contributed by atoms with E-state index in [2.05, 4.69) is 4.74 Å². The van der Waals surface area contributed by atoms with Crippen LogP contribution in [0.4, 0.5) is 13.2 Å². The second-order valence-corrected chi connectivity index (χ2v) is 7.98. The monoisotopic (exact) mass is 436 g/mol. The topological polar surface area (TPSA) is 87.3 Å². The Balaban J connectivity index is 0.00000272. The van der Waals surface area contributed by atoms with Crippen molar-refractivity contribution in [1.29, 1.82) is 0 Å². The Morgan fingerprint density at radius 3 is 2.42 bits per heavy atom. The molecule has 5 nitrogen and oxygen atoms in total. The smallest absolute Gasteiger partial charge is 0.493 e. The SMILES string of the molecule is CC1(C)C2=C(C(=O)c3ccc(OCCCO)cc31)c1ccc(OC(F)(F)F)cc1C2.O. The number of allylic oxidation sites excluding steroid dienone is 2. The molecule has 0 spiro atoms. The maximum absolute atomic E-state index is 13.3. The summed E-state index contributed by atoms with van der Waals surface area (Å²) in [7, 11) is 0. The highest BCUT2D eigenvalue weighted by molar-refractivity contribution is 6.33. The van der Waals surface area contributed by atoms with Gasteiger partial charge in [0, 0.05) is 29.6 Å². The van der Waals surface area contributed by atoms with E-state index in [0.29, 0.717) is 47.5 Å². The number of carbonyl (C=O) groups is 1. The Hall–Kier alpha value is -2.84. The summed E-state index contributed by atoms with van der Waals surface area (Å²) in [5, 5.41) is 8.92. The molecule has 31 heavy (non-hydrogen) atoms. The minimum atomic E-state index is -4.77. The number of benzene rings is 2. The lowest BCUT2D eigenvalue weighted by atomic mass is 9.68. The van der Waals surface area contributed by atoms with Gasteiger partial charge in [0.05, 0.1) is 6.61 Å². The van der Waals surface area contributed by atoms with Gasteiger partial charge in [0.2, 0.25) is 0 Å². The third kappa shape index (κ3) is 4.05. The molecule has 0 atom stereocenters. The first-order valence-electron chi connectivity index (χ1n) is 9.67. The van der Waals surface area contributed by atoms with E-state index in [1.165, 1.54) is 18.2 Å². The van der Waals surface area contributed by atoms with Crippen LogP contribution in [0.1, 0.15) is 47.3 Å². The van der Waals surface area contributed by atoms with Gasteiger partial charge in [-0.25, -0.2) is 0 Å². The van der Waals surface area contributed by atoms with Crippen molar-refractivity contribution in [2.24, 2.45) is 0 Å². The van der Waals surface area contributed by atoms with Crippen LogP contribution in [0.15, 0.2) is 42.0 Å². The number of Topliss-reactive ketones (excluding diaryl/α,β-unsaturated/α-hetero) is 1. The zero-order valence-corrected chi connectivity index (χ0v) is 17.1. The molecule has 0 bridgehead atoms. The van der Waals surface area contributed by atoms with Crippen molar-refractivity contribution in [3.8, 4) is 11.5 Å². The zero-order valence-electron chi connectivity index (χ0n) is 17.1. The Morgan fingerprint density at radius 2 is 1.74 bits per heavy atom. The lowest BCUT2D eigenvalue weighted by molar-refractivity contribution is -0.274. The first-order chi connectivity index (χ1) is 14.1. The van der Waals surface area contributed by atoms with Gasteiger partial charge in [-0.3, -0.25) is 4.79 Å². The van der Waals surface area contributed by atoms with Gasteiger partial charge in [-0.2, -0.15) is 0 Å². The van der Waals surface area contributed by atoms with E-state index in [4.69, 9.17) is 9.84 Å². The van der Waals surface area contributed by atoms with Crippen LogP contribution in [0.5, 0.6) is 11.5 Å². The molecule has 166 valence electrons. The fraction of sp³-hybridized carbons (Fsp3) is 0.348. The molecular weight excluding hydrogens is 413 g/mol. The molecule has 2 aromatic rings. The lowest BCUT2D eigenvalue weighted by Crippen LogP contribution is -2.29. The van der Waals surface area contributed by atoms with Crippen molar-refractivity contribution < 1.29 is 38.0 Å². The average molecular weight is 436 g/mol. The lowest BCUT2D eigenvalue weighted by Gasteiger charge is -2.34. The van der Waals surface area contributed by atoms with Crippen LogP contribution < -0.4 is 9.47 Å². The number of ketones is 1. The molecule has 0 fully saturated rings. The summed E-state index contributed by atoms with van der Waals surface area (Å²) in [6, 6.07) is 9.44. The molecule has 0 radical (unpaired) electrons. The van der Waals surface area contributed by atoms with Crippen LogP contribution in [0.25, 0.3) is 5.57 Å². The summed E-state index contributed by atoms with van der Waals surface area (Å²) in [4.78, 5) is 13.3. The van der Waals surface area contributed by atoms with Crippen LogP contribution in [-0.4, -0.2) is 35.9 Å². The molecule has 0 saturated carbocycles. The van der Waals surface area contributed by atoms with E-state index in [1.807, 2.05) is 19.9 Å². The standard InChI is InChI=1S/C23H21F3O4.H2O/c1-22(2)18-12-14(29-9-3-8-27)4-7-17(18)21(28)20-16-6-5-15(30-23(24,25)26)10-13(16)11-19(20)22;/h4-7,10,12,27H,3,8-9,11H2,1-2H3;1H2. The van der Waals surface area contributed by atoms with Gasteiger partial charge >= 0.3 is 6.36 Å². The van der Waals surface area contributed by atoms with Gasteiger partial charge in [-0.05, 0) is 59.0 Å². The van der Waals surface area contributed by atoms with E-state index in [1.54, 1.807) is 12.1 Å². The summed E-state index contributed by atoms with van der Waals surface area (Å²) in [6.45, 7) is 4.41. The Labute approximate surface area is 177 Å². The van der Waals surface area contributed by atoms with Crippen LogP contribution in [0.3, 0.4) is 0 Å². The summed E-state index contributed by atoms with van der Waals surface area (Å²) in [6.07, 6.45) is -3.88. The molecule has 8 heteroatoms. The summed E-state index contributed by atoms with van der Waals surface area (Å²) >= 11 is 0. The van der Waals surface area contributed by atoms with Crippen molar-refractivity contribution >= 4 is 11.4 Å². The largest absolute Gasteiger partial charge is 0.573 e. The molecule has 0 heterocycles. The van der Waals surface area contributed by atoms with Crippen LogP contribution in [0.2, 0.25) is 0 Å². The van der Waals surface area contributed by atoms with Crippen molar-refractivity contribution in [2.75, 3.05) is 13.2 Å². The highest BCUT2D eigenvalue weighted by atomic mass is 19.4. The number of ether oxygens (including phenoxy) is 2. The van der Waals surface area contributed by atoms with Crippen molar-refractivity contribution in [3.63, 3.8) is 0 Å². The molecule has 3 N–H and O–H groups in total. The number of carbonyl (C=O) groups excluding carboxylic acids is 1. The number of hydrogen-bond acceptors (Lipinski definition) is 4. The van der Waals surface area contributed by atoms with Crippen LogP contribution in [0, 0.1) is 0 Å². The first kappa shape index (κ1) is 22.8. The van der Waals surface area contributed by atoms with E-state index in [9.17, 15) is 18.0 Å². The number of alkyl halides is 3. The van der Waals surface area contributed by atoms with E-state index in [-0.39, 0.29) is 23.6 Å². The first-order valence-corrected chi connectivity index (χ1v) is 9.67. The van der Waals surface area contributed by atoms with Crippen molar-refractivity contribution in [3.05, 3.63) is 64.2 Å². The fourth-order valence-electron chi connectivity index (χ4n) is 4.27. The van der Waals surface area contributed by atoms with Crippen LogP contribution in [-0.2, 0) is 11.8 Å². The number of fused-ring (bicyclic) bond motifs is 3. The number of aliphatic hydroxyl groups excluding tert-OH is 1. The molecule has 0 amide bonds. The maximum Gasteiger partial charge on any atom is 0.573 e. The number of halogens is 3. The minimum Gasteiger partial charge on any atom is -0.493 e. The number of hydrogen-bond donors (Lipinski definition) is 1. The molecule has 4 rings (SSSR count). The Morgan fingerprint density at radius 1 is 1.06 bits per heavy atom. The van der Waals surface area contributed by atoms with Crippen molar-refractivity contribution in [2.45, 2.75) is 38.5 Å². The average Bonchev–Trinajstić information content (AvgIpc) is 3.05. The van der Waals surface area contributed by atoms with E-state index in [0.717, 1.165) is 11.1 Å². The normalized spacial score (nSPS) is 16.3. The molecule has 2 aliphatic carbocycles. The molecule has 0 aromatic heterocycles.